The highest BCUT2D eigenvalue weighted by atomic mass is 16.3. The molecule has 3 nitrogen and oxygen atoms in total. The van der Waals surface area contributed by atoms with Crippen LogP contribution in [-0.4, -0.2) is 6.85 Å². The second-order valence-corrected chi connectivity index (χ2v) is 20.5. The van der Waals surface area contributed by atoms with Crippen LogP contribution in [0.4, 0.5) is 28.4 Å². The minimum Gasteiger partial charge on any atom is -0.456 e. The molecule has 4 heteroatoms. The lowest BCUT2D eigenvalue weighted by atomic mass is 9.42. The lowest BCUT2D eigenvalue weighted by Crippen LogP contribution is -2.62. The SMILES string of the molecule is CC1(C)CCC(C)(C)c2cc(N3B4c5cccc6c5N(c5ccccc5C65c6ccccc6-c6ccccc65)c5cc6ccccc6c(c54)-c4c3ccc3oc5ccccc5c43)ccc21. The number of nitrogens with zero attached hydrogens (tertiary/aromatic N) is 2. The lowest BCUT2D eigenvalue weighted by Gasteiger charge is -2.52. The number of fused-ring (bicyclic) bond motifs is 20. The van der Waals surface area contributed by atoms with Gasteiger partial charge in [0.1, 0.15) is 11.2 Å². The highest BCUT2D eigenvalue weighted by molar-refractivity contribution is 6.94. The predicted octanol–water partition coefficient (Wildman–Crippen LogP) is 14.5. The van der Waals surface area contributed by atoms with Crippen molar-refractivity contribution < 1.29 is 4.42 Å². The molecule has 0 bridgehead atoms. The number of hydrogen-bond acceptors (Lipinski definition) is 3. The first kappa shape index (κ1) is 36.1. The minimum atomic E-state index is -0.510. The van der Waals surface area contributed by atoms with Gasteiger partial charge in [-0.05, 0) is 138 Å². The number of rotatable bonds is 1. The molecule has 0 saturated carbocycles. The van der Waals surface area contributed by atoms with E-state index < -0.39 is 5.41 Å². The van der Waals surface area contributed by atoms with E-state index >= 15 is 0 Å². The third-order valence-electron chi connectivity index (χ3n) is 16.5. The summed E-state index contributed by atoms with van der Waals surface area (Å²) in [6, 6.07) is 67.2. The summed E-state index contributed by atoms with van der Waals surface area (Å²) in [4.78, 5) is 5.39. The van der Waals surface area contributed by atoms with Crippen LogP contribution in [0.1, 0.15) is 73.9 Å². The van der Waals surface area contributed by atoms with Gasteiger partial charge in [0.2, 0.25) is 0 Å². The first-order valence-electron chi connectivity index (χ1n) is 23.4. The topological polar surface area (TPSA) is 19.6 Å². The van der Waals surface area contributed by atoms with Crippen molar-refractivity contribution >= 4 is 78.9 Å². The van der Waals surface area contributed by atoms with E-state index in [0.29, 0.717) is 0 Å². The molecule has 0 amide bonds. The molecule has 1 aromatic heterocycles. The summed E-state index contributed by atoms with van der Waals surface area (Å²) in [6.07, 6.45) is 2.33. The van der Waals surface area contributed by atoms with Gasteiger partial charge in [-0.15, -0.1) is 0 Å². The normalized spacial score (nSPS) is 17.1. The molecule has 4 heterocycles. The Hall–Kier alpha value is -7.30. The molecule has 2 aliphatic carbocycles. The molecule has 0 fully saturated rings. The van der Waals surface area contributed by atoms with E-state index in [1.165, 1.54) is 118 Å². The zero-order valence-corrected chi connectivity index (χ0v) is 37.0. The molecular weight excluding hydrogens is 787 g/mol. The molecule has 5 aliphatic rings. The van der Waals surface area contributed by atoms with E-state index in [0.717, 1.165) is 23.0 Å². The Morgan fingerprint density at radius 2 is 1.14 bits per heavy atom. The second kappa shape index (κ2) is 12.1. The summed E-state index contributed by atoms with van der Waals surface area (Å²) in [5.41, 5.74) is 23.8. The molecule has 308 valence electrons. The summed E-state index contributed by atoms with van der Waals surface area (Å²) in [5, 5.41) is 4.83. The van der Waals surface area contributed by atoms with Gasteiger partial charge in [-0.2, -0.15) is 0 Å². The maximum atomic E-state index is 6.76. The maximum Gasteiger partial charge on any atom is 0.333 e. The van der Waals surface area contributed by atoms with Crippen molar-refractivity contribution in [2.45, 2.75) is 56.8 Å². The van der Waals surface area contributed by atoms with Crippen LogP contribution in [0.2, 0.25) is 0 Å². The van der Waals surface area contributed by atoms with Gasteiger partial charge < -0.3 is 14.1 Å². The third kappa shape index (κ3) is 4.30. The molecule has 0 atom stereocenters. The Morgan fingerprint density at radius 3 is 1.94 bits per heavy atom. The number of para-hydroxylation sites is 3. The van der Waals surface area contributed by atoms with Crippen LogP contribution >= 0.6 is 0 Å². The fraction of sp³-hybridized carbons (Fsp3) is 0.148. The molecule has 65 heavy (non-hydrogen) atoms. The lowest BCUT2D eigenvalue weighted by molar-refractivity contribution is 0.332. The Kier molecular flexibility index (Phi) is 6.71. The number of hydrogen-bond donors (Lipinski definition) is 0. The van der Waals surface area contributed by atoms with Crippen molar-refractivity contribution in [3.8, 4) is 22.3 Å². The van der Waals surface area contributed by atoms with Crippen LogP contribution < -0.4 is 20.6 Å². The monoisotopic (exact) mass is 832 g/mol. The zero-order chi connectivity index (χ0) is 43.1. The zero-order valence-electron chi connectivity index (χ0n) is 37.0. The molecule has 0 N–H and O–H groups in total. The van der Waals surface area contributed by atoms with Gasteiger partial charge in [0, 0.05) is 39.1 Å². The van der Waals surface area contributed by atoms with Crippen molar-refractivity contribution in [2.24, 2.45) is 0 Å². The van der Waals surface area contributed by atoms with E-state index in [4.69, 9.17) is 4.42 Å². The fourth-order valence-corrected chi connectivity index (χ4v) is 13.6. The number of anilines is 5. The quantitative estimate of drug-likeness (QED) is 0.154. The summed E-state index contributed by atoms with van der Waals surface area (Å²) < 4.78 is 6.76. The number of benzene rings is 9. The van der Waals surface area contributed by atoms with Crippen LogP contribution in [0.15, 0.2) is 180 Å². The van der Waals surface area contributed by atoms with E-state index in [1.54, 1.807) is 0 Å². The van der Waals surface area contributed by atoms with E-state index in [1.807, 2.05) is 0 Å². The van der Waals surface area contributed by atoms with Crippen LogP contribution in [0, 0.1) is 0 Å². The molecular formula is C61H45BN2O. The molecule has 1 spiro atoms. The summed E-state index contributed by atoms with van der Waals surface area (Å²) in [5.74, 6) is 0. The molecule has 0 unspecified atom stereocenters. The van der Waals surface area contributed by atoms with Crippen LogP contribution in [0.5, 0.6) is 0 Å². The molecule has 9 aromatic carbocycles. The third-order valence-corrected chi connectivity index (χ3v) is 16.5. The second-order valence-electron chi connectivity index (χ2n) is 20.5. The maximum absolute atomic E-state index is 6.76. The van der Waals surface area contributed by atoms with Crippen LogP contribution in [0.25, 0.3) is 55.0 Å². The van der Waals surface area contributed by atoms with E-state index in [2.05, 4.69) is 213 Å². The van der Waals surface area contributed by atoms with Crippen molar-refractivity contribution in [2.75, 3.05) is 9.71 Å². The molecule has 15 rings (SSSR count). The average molecular weight is 833 g/mol. The van der Waals surface area contributed by atoms with Gasteiger partial charge in [-0.1, -0.05) is 161 Å². The smallest absolute Gasteiger partial charge is 0.333 e. The van der Waals surface area contributed by atoms with Crippen LogP contribution in [-0.2, 0) is 16.2 Å². The van der Waals surface area contributed by atoms with Crippen LogP contribution in [0.3, 0.4) is 0 Å². The molecule has 3 aliphatic heterocycles. The Morgan fingerprint density at radius 1 is 0.477 bits per heavy atom. The van der Waals surface area contributed by atoms with Crippen molar-refractivity contribution in [1.82, 2.24) is 0 Å². The van der Waals surface area contributed by atoms with Gasteiger partial charge in [-0.3, -0.25) is 0 Å². The van der Waals surface area contributed by atoms with Crippen molar-refractivity contribution in [1.29, 1.82) is 0 Å². The van der Waals surface area contributed by atoms with Gasteiger partial charge in [0.05, 0.1) is 11.1 Å². The van der Waals surface area contributed by atoms with Gasteiger partial charge in [-0.25, -0.2) is 0 Å². The van der Waals surface area contributed by atoms with E-state index in [-0.39, 0.29) is 17.7 Å². The van der Waals surface area contributed by atoms with E-state index in [9.17, 15) is 0 Å². The average Bonchev–Trinajstić information content (AvgIpc) is 3.86. The fourth-order valence-electron chi connectivity index (χ4n) is 13.6. The minimum absolute atomic E-state index is 0.0398. The van der Waals surface area contributed by atoms with Gasteiger partial charge in [0.25, 0.3) is 0 Å². The van der Waals surface area contributed by atoms with Crippen molar-refractivity contribution in [3.63, 3.8) is 0 Å². The largest absolute Gasteiger partial charge is 0.456 e. The number of furan rings is 1. The summed E-state index contributed by atoms with van der Waals surface area (Å²) in [7, 11) is 0. The first-order valence-corrected chi connectivity index (χ1v) is 23.4. The standard InChI is InChI=1S/C61H45BN2O/c1-59(2)32-33-60(3,4)47-35-37(28-29-44(47)59)64-50-30-31-53-54(41-20-9-14-27-52(41)65-53)56(50)55-38-17-6-5-16-36(38)34-51-57(55)62(64)48-25-15-24-46-58(48)63(51)49-26-13-12-23-45(49)61(46)42-21-10-7-18-39(42)40-19-8-11-22-43(40)61/h5-31,34-35H,32-33H2,1-4H3. The Labute approximate surface area is 379 Å². The Balaban J connectivity index is 1.13. The summed E-state index contributed by atoms with van der Waals surface area (Å²) in [6.45, 7) is 9.64. The molecule has 0 saturated heterocycles. The Bertz CT molecular complexity index is 3730. The van der Waals surface area contributed by atoms with Crippen molar-refractivity contribution in [3.05, 3.63) is 209 Å². The predicted molar refractivity (Wildman–Crippen MR) is 271 cm³/mol. The van der Waals surface area contributed by atoms with Gasteiger partial charge >= 0.3 is 6.85 Å². The highest BCUT2D eigenvalue weighted by Crippen LogP contribution is 2.64. The highest BCUT2D eigenvalue weighted by Gasteiger charge is 2.56. The first-order chi connectivity index (χ1) is 31.8. The molecule has 0 radical (unpaired) electrons. The van der Waals surface area contributed by atoms with Gasteiger partial charge in [0.15, 0.2) is 0 Å². The summed E-state index contributed by atoms with van der Waals surface area (Å²) >= 11 is 0. The molecule has 10 aromatic rings.